The van der Waals surface area contributed by atoms with Crippen LogP contribution in [-0.2, 0) is 5.60 Å². The number of carbonyl (C=O) groups excluding carboxylic acids is 1. The third-order valence-corrected chi connectivity index (χ3v) is 5.99. The highest BCUT2D eigenvalue weighted by atomic mass is 35.5. The summed E-state index contributed by atoms with van der Waals surface area (Å²) in [5, 5.41) is 22.5. The molecule has 138 valence electrons. The van der Waals surface area contributed by atoms with Crippen LogP contribution in [0.5, 0.6) is 0 Å². The van der Waals surface area contributed by atoms with E-state index in [1.165, 1.54) is 12.3 Å². The fourth-order valence-electron chi connectivity index (χ4n) is 4.47. The average Bonchev–Trinajstić information content (AvgIpc) is 3.01. The Bertz CT molecular complexity index is 1060. The first-order chi connectivity index (χ1) is 12.9. The van der Waals surface area contributed by atoms with Crippen molar-refractivity contribution in [3.63, 3.8) is 0 Å². The smallest absolute Gasteiger partial charge is 0.253 e. The zero-order valence-electron chi connectivity index (χ0n) is 14.1. The van der Waals surface area contributed by atoms with Crippen LogP contribution in [0.1, 0.15) is 28.8 Å². The summed E-state index contributed by atoms with van der Waals surface area (Å²) in [6, 6.07) is 4.72. The summed E-state index contributed by atoms with van der Waals surface area (Å²) in [6.07, 6.45) is 5.16. The monoisotopic (exact) mass is 386 g/mol. The van der Waals surface area contributed by atoms with Crippen LogP contribution >= 0.6 is 11.6 Å². The number of fused-ring (bicyclic) bond motifs is 2. The Hall–Kier alpha value is -2.51. The van der Waals surface area contributed by atoms with Crippen LogP contribution in [-0.4, -0.2) is 32.2 Å². The highest BCUT2D eigenvalue weighted by Gasteiger charge is 2.62. The molecule has 2 aliphatic carbocycles. The zero-order valence-corrected chi connectivity index (χ0v) is 14.9. The number of pyridine rings is 1. The minimum absolute atomic E-state index is 0.0138. The van der Waals surface area contributed by atoms with Gasteiger partial charge in [0.2, 0.25) is 0 Å². The maximum absolute atomic E-state index is 13.2. The van der Waals surface area contributed by atoms with Gasteiger partial charge < -0.3 is 10.4 Å². The number of halogens is 2. The molecule has 1 amide bonds. The lowest BCUT2D eigenvalue weighted by Gasteiger charge is -2.27. The fraction of sp³-hybridized carbons (Fsp3) is 0.316. The van der Waals surface area contributed by atoms with Crippen LogP contribution in [0.2, 0.25) is 5.02 Å². The van der Waals surface area contributed by atoms with Gasteiger partial charge in [-0.2, -0.15) is 5.10 Å². The molecule has 0 spiro atoms. The van der Waals surface area contributed by atoms with Crippen LogP contribution < -0.4 is 5.32 Å². The summed E-state index contributed by atoms with van der Waals surface area (Å²) in [7, 11) is 0. The zero-order chi connectivity index (χ0) is 18.8. The molecule has 3 N–H and O–H groups in total. The number of hydrogen-bond acceptors (Lipinski definition) is 4. The SMILES string of the molecule is O=C(N[C@@H]1[C@@H]2C[C@@](O)(c3cc(Cl)cc4[nH]ncc34)C[C@@H]21)c1cncc(F)c1. The molecule has 5 rings (SSSR count). The van der Waals surface area contributed by atoms with Gasteiger partial charge in [-0.05, 0) is 48.4 Å². The Kier molecular flexibility index (Phi) is 3.54. The van der Waals surface area contributed by atoms with Gasteiger partial charge in [0.15, 0.2) is 0 Å². The normalized spacial score (nSPS) is 28.9. The number of aromatic amines is 1. The molecule has 6 nitrogen and oxygen atoms in total. The number of rotatable bonds is 3. The van der Waals surface area contributed by atoms with Gasteiger partial charge in [0, 0.05) is 22.6 Å². The number of amides is 1. The lowest BCUT2D eigenvalue weighted by Crippen LogP contribution is -2.33. The van der Waals surface area contributed by atoms with Gasteiger partial charge in [-0.3, -0.25) is 14.9 Å². The van der Waals surface area contributed by atoms with Crippen molar-refractivity contribution in [3.05, 3.63) is 58.8 Å². The molecule has 1 aromatic carbocycles. The van der Waals surface area contributed by atoms with Crippen LogP contribution in [0.15, 0.2) is 36.8 Å². The maximum Gasteiger partial charge on any atom is 0.253 e. The van der Waals surface area contributed by atoms with E-state index in [0.717, 1.165) is 22.7 Å². The molecule has 8 heteroatoms. The van der Waals surface area contributed by atoms with Crippen molar-refractivity contribution in [1.82, 2.24) is 20.5 Å². The summed E-state index contributed by atoms with van der Waals surface area (Å²) in [6.45, 7) is 0. The second-order valence-electron chi connectivity index (χ2n) is 7.44. The van der Waals surface area contributed by atoms with E-state index in [-0.39, 0.29) is 29.3 Å². The summed E-state index contributed by atoms with van der Waals surface area (Å²) in [5.74, 6) is -0.522. The van der Waals surface area contributed by atoms with E-state index in [1.807, 2.05) is 0 Å². The van der Waals surface area contributed by atoms with Gasteiger partial charge >= 0.3 is 0 Å². The second kappa shape index (κ2) is 5.74. The van der Waals surface area contributed by atoms with Crippen molar-refractivity contribution in [2.24, 2.45) is 11.8 Å². The summed E-state index contributed by atoms with van der Waals surface area (Å²) in [5.41, 5.74) is 0.759. The van der Waals surface area contributed by atoms with Gasteiger partial charge in [-0.1, -0.05) is 11.6 Å². The number of nitrogens with zero attached hydrogens (tertiary/aromatic N) is 2. The van der Waals surface area contributed by atoms with Crippen molar-refractivity contribution in [3.8, 4) is 0 Å². The molecule has 0 radical (unpaired) electrons. The molecule has 2 saturated carbocycles. The number of benzene rings is 1. The number of carbonyl (C=O) groups is 1. The molecular formula is C19H16ClFN4O2. The molecule has 27 heavy (non-hydrogen) atoms. The van der Waals surface area contributed by atoms with Gasteiger partial charge in [-0.25, -0.2) is 4.39 Å². The Morgan fingerprint density at radius 3 is 2.78 bits per heavy atom. The van der Waals surface area contributed by atoms with Gasteiger partial charge in [-0.15, -0.1) is 0 Å². The molecule has 0 aliphatic heterocycles. The van der Waals surface area contributed by atoms with Crippen molar-refractivity contribution in [1.29, 1.82) is 0 Å². The molecule has 2 heterocycles. The van der Waals surface area contributed by atoms with E-state index < -0.39 is 11.4 Å². The molecule has 3 aromatic rings. The summed E-state index contributed by atoms with van der Waals surface area (Å²) >= 11 is 6.19. The van der Waals surface area contributed by atoms with E-state index in [0.29, 0.717) is 17.9 Å². The molecule has 2 aliphatic rings. The first-order valence-electron chi connectivity index (χ1n) is 8.71. The second-order valence-corrected chi connectivity index (χ2v) is 7.88. The van der Waals surface area contributed by atoms with E-state index in [2.05, 4.69) is 20.5 Å². The van der Waals surface area contributed by atoms with Gasteiger partial charge in [0.05, 0.1) is 29.1 Å². The van der Waals surface area contributed by atoms with E-state index in [9.17, 15) is 14.3 Å². The highest BCUT2D eigenvalue weighted by Crippen LogP contribution is 2.60. The molecule has 0 saturated heterocycles. The maximum atomic E-state index is 13.2. The number of aromatic nitrogens is 3. The van der Waals surface area contributed by atoms with Crippen molar-refractivity contribution in [2.75, 3.05) is 0 Å². The van der Waals surface area contributed by atoms with Crippen LogP contribution in [0.4, 0.5) is 4.39 Å². The quantitative estimate of drug-likeness (QED) is 0.645. The summed E-state index contributed by atoms with van der Waals surface area (Å²) in [4.78, 5) is 16.0. The minimum atomic E-state index is -0.996. The molecule has 0 bridgehead atoms. The average molecular weight is 387 g/mol. The van der Waals surface area contributed by atoms with Crippen molar-refractivity contribution < 1.29 is 14.3 Å². The Labute approximate surface area is 158 Å². The topological polar surface area (TPSA) is 90.9 Å². The third kappa shape index (κ3) is 2.69. The Morgan fingerprint density at radius 2 is 2.04 bits per heavy atom. The van der Waals surface area contributed by atoms with E-state index in [1.54, 1.807) is 18.3 Å². The lowest BCUT2D eigenvalue weighted by atomic mass is 9.86. The molecule has 4 atom stereocenters. The predicted octanol–water partition coefficient (Wildman–Crippen LogP) is 2.78. The first-order valence-corrected chi connectivity index (χ1v) is 9.09. The first kappa shape index (κ1) is 16.6. The molecule has 2 aromatic heterocycles. The lowest BCUT2D eigenvalue weighted by molar-refractivity contribution is 0.0293. The Morgan fingerprint density at radius 1 is 1.26 bits per heavy atom. The van der Waals surface area contributed by atoms with Crippen LogP contribution in [0.25, 0.3) is 10.9 Å². The standard InChI is InChI=1S/C19H16ClFN4O2/c20-10-2-15(14-8-23-25-16(14)3-10)19(27)4-12-13(5-19)17(12)24-18(26)9-1-11(21)7-22-6-9/h1-3,6-8,12-13,17,27H,4-5H2,(H,23,25)(H,24,26)/t12-,13+,17-,19+. The Balaban J connectivity index is 1.33. The number of H-pyrrole nitrogens is 1. The minimum Gasteiger partial charge on any atom is -0.385 e. The number of aliphatic hydroxyl groups is 1. The van der Waals surface area contributed by atoms with Gasteiger partial charge in [0.1, 0.15) is 5.82 Å². The number of nitrogens with one attached hydrogen (secondary N) is 2. The third-order valence-electron chi connectivity index (χ3n) is 5.77. The molecule has 0 unspecified atom stereocenters. The summed E-state index contributed by atoms with van der Waals surface area (Å²) < 4.78 is 13.2. The van der Waals surface area contributed by atoms with E-state index >= 15 is 0 Å². The van der Waals surface area contributed by atoms with Gasteiger partial charge in [0.25, 0.3) is 5.91 Å². The predicted molar refractivity (Wildman–Crippen MR) is 96.7 cm³/mol. The van der Waals surface area contributed by atoms with Crippen molar-refractivity contribution >= 4 is 28.4 Å². The van der Waals surface area contributed by atoms with Crippen LogP contribution in [0, 0.1) is 17.7 Å². The molecular weight excluding hydrogens is 371 g/mol. The fourth-order valence-corrected chi connectivity index (χ4v) is 4.69. The highest BCUT2D eigenvalue weighted by molar-refractivity contribution is 6.31. The van der Waals surface area contributed by atoms with Crippen molar-refractivity contribution in [2.45, 2.75) is 24.5 Å². The van der Waals surface area contributed by atoms with Crippen LogP contribution in [0.3, 0.4) is 0 Å². The largest absolute Gasteiger partial charge is 0.385 e. The molecule has 2 fully saturated rings. The van der Waals surface area contributed by atoms with E-state index in [4.69, 9.17) is 11.6 Å². The number of hydrogen-bond donors (Lipinski definition) is 3.